The molecule has 1 aromatic carbocycles. The molecule has 1 aromatic rings. The minimum Gasteiger partial charge on any atom is -0.481 e. The Morgan fingerprint density at radius 1 is 1.52 bits per heavy atom. The third kappa shape index (κ3) is 4.15. The lowest BCUT2D eigenvalue weighted by atomic mass is 10.0. The molecule has 114 valence electrons. The summed E-state index contributed by atoms with van der Waals surface area (Å²) in [4.78, 5) is 23.0. The zero-order chi connectivity index (χ0) is 15.4. The van der Waals surface area contributed by atoms with Crippen LogP contribution in [0.15, 0.2) is 18.2 Å². The molecule has 0 aromatic heterocycles. The van der Waals surface area contributed by atoms with Crippen LogP contribution in [0.1, 0.15) is 24.4 Å². The van der Waals surface area contributed by atoms with E-state index < -0.39 is 17.8 Å². The fraction of sp³-hybridized carbons (Fsp3) is 0.429. The summed E-state index contributed by atoms with van der Waals surface area (Å²) in [7, 11) is 0. The molecule has 1 aliphatic heterocycles. The second-order valence-electron chi connectivity index (χ2n) is 4.89. The van der Waals surface area contributed by atoms with Gasteiger partial charge in [0.25, 0.3) is 0 Å². The molecule has 0 bridgehead atoms. The summed E-state index contributed by atoms with van der Waals surface area (Å²) in [5.74, 6) is -2.31. The smallest absolute Gasteiger partial charge is 0.305 e. The number of aliphatic carboxylic acids is 1. The number of amides is 1. The summed E-state index contributed by atoms with van der Waals surface area (Å²) in [5.41, 5.74) is 0.367. The van der Waals surface area contributed by atoms with E-state index in [4.69, 9.17) is 21.4 Å². The number of carboxylic acids is 1. The van der Waals surface area contributed by atoms with E-state index in [2.05, 4.69) is 5.32 Å². The number of hydrogen-bond donors (Lipinski definition) is 2. The van der Waals surface area contributed by atoms with Crippen LogP contribution in [0.3, 0.4) is 0 Å². The SMILES string of the molecule is O=C(O)CC(NC(=O)C1CCOC1)c1ccc(Cl)c(F)c1. The molecule has 0 aliphatic carbocycles. The highest BCUT2D eigenvalue weighted by atomic mass is 35.5. The number of rotatable bonds is 5. The summed E-state index contributed by atoms with van der Waals surface area (Å²) in [6, 6.07) is 3.18. The molecule has 7 heteroatoms. The normalized spacial score (nSPS) is 19.2. The first-order chi connectivity index (χ1) is 9.97. The molecular weight excluding hydrogens is 301 g/mol. The summed E-state index contributed by atoms with van der Waals surface area (Å²) in [6.45, 7) is 0.831. The maximum absolute atomic E-state index is 13.5. The van der Waals surface area contributed by atoms with Gasteiger partial charge in [0.05, 0.1) is 30.0 Å². The van der Waals surface area contributed by atoms with Gasteiger partial charge in [0.1, 0.15) is 5.82 Å². The predicted molar refractivity (Wildman–Crippen MR) is 73.5 cm³/mol. The quantitative estimate of drug-likeness (QED) is 0.873. The summed E-state index contributed by atoms with van der Waals surface area (Å²) in [6.07, 6.45) is 0.265. The van der Waals surface area contributed by atoms with Crippen LogP contribution in [-0.2, 0) is 14.3 Å². The molecule has 0 spiro atoms. The number of hydrogen-bond acceptors (Lipinski definition) is 3. The van der Waals surface area contributed by atoms with Gasteiger partial charge in [-0.3, -0.25) is 9.59 Å². The molecule has 2 N–H and O–H groups in total. The van der Waals surface area contributed by atoms with Crippen molar-refractivity contribution in [3.05, 3.63) is 34.6 Å². The molecule has 2 rings (SSSR count). The molecule has 2 unspecified atom stereocenters. The molecule has 1 fully saturated rings. The molecular formula is C14H15ClFNO4. The van der Waals surface area contributed by atoms with Crippen molar-refractivity contribution in [1.29, 1.82) is 0 Å². The first-order valence-electron chi connectivity index (χ1n) is 6.52. The number of ether oxygens (including phenoxy) is 1. The molecule has 21 heavy (non-hydrogen) atoms. The van der Waals surface area contributed by atoms with Crippen LogP contribution in [0.5, 0.6) is 0 Å². The number of carboxylic acid groups (broad SMARTS) is 1. The molecule has 1 saturated heterocycles. The number of carbonyl (C=O) groups is 2. The van der Waals surface area contributed by atoms with E-state index in [1.54, 1.807) is 0 Å². The first kappa shape index (κ1) is 15.7. The van der Waals surface area contributed by atoms with Crippen molar-refractivity contribution in [2.45, 2.75) is 18.9 Å². The van der Waals surface area contributed by atoms with Gasteiger partial charge in [0.15, 0.2) is 0 Å². The number of carbonyl (C=O) groups excluding carboxylic acids is 1. The Labute approximate surface area is 126 Å². The van der Waals surface area contributed by atoms with Crippen LogP contribution >= 0.6 is 11.6 Å². The number of benzene rings is 1. The highest BCUT2D eigenvalue weighted by Crippen LogP contribution is 2.23. The Kier molecular flexibility index (Phi) is 5.14. The Bertz CT molecular complexity index is 546. The fourth-order valence-corrected chi connectivity index (χ4v) is 2.30. The van der Waals surface area contributed by atoms with Gasteiger partial charge in [-0.2, -0.15) is 0 Å². The van der Waals surface area contributed by atoms with E-state index in [1.807, 2.05) is 0 Å². The molecule has 5 nitrogen and oxygen atoms in total. The summed E-state index contributed by atoms with van der Waals surface area (Å²) >= 11 is 5.61. The lowest BCUT2D eigenvalue weighted by Gasteiger charge is -2.19. The van der Waals surface area contributed by atoms with Crippen LogP contribution in [0.25, 0.3) is 0 Å². The van der Waals surface area contributed by atoms with E-state index in [-0.39, 0.29) is 23.3 Å². The second-order valence-corrected chi connectivity index (χ2v) is 5.30. The lowest BCUT2D eigenvalue weighted by molar-refractivity contribution is -0.138. The topological polar surface area (TPSA) is 75.6 Å². The Hall–Kier alpha value is -1.66. The van der Waals surface area contributed by atoms with Gasteiger partial charge in [-0.1, -0.05) is 17.7 Å². The lowest BCUT2D eigenvalue weighted by Crippen LogP contribution is -2.35. The van der Waals surface area contributed by atoms with Crippen LogP contribution in [0, 0.1) is 11.7 Å². The minimum absolute atomic E-state index is 0.0525. The molecule has 1 aliphatic rings. The molecule has 0 saturated carbocycles. The maximum Gasteiger partial charge on any atom is 0.305 e. The fourth-order valence-electron chi connectivity index (χ4n) is 2.19. The third-order valence-corrected chi connectivity index (χ3v) is 3.65. The van der Waals surface area contributed by atoms with E-state index in [1.165, 1.54) is 12.1 Å². The van der Waals surface area contributed by atoms with Crippen LogP contribution in [-0.4, -0.2) is 30.2 Å². The van der Waals surface area contributed by atoms with Gasteiger partial charge >= 0.3 is 5.97 Å². The van der Waals surface area contributed by atoms with Crippen molar-refractivity contribution < 1.29 is 23.8 Å². The van der Waals surface area contributed by atoms with Crippen molar-refractivity contribution in [2.75, 3.05) is 13.2 Å². The van der Waals surface area contributed by atoms with E-state index in [0.29, 0.717) is 25.2 Å². The van der Waals surface area contributed by atoms with Gasteiger partial charge in [0, 0.05) is 6.61 Å². The zero-order valence-electron chi connectivity index (χ0n) is 11.1. The van der Waals surface area contributed by atoms with Crippen LogP contribution in [0.2, 0.25) is 5.02 Å². The van der Waals surface area contributed by atoms with Crippen molar-refractivity contribution in [3.8, 4) is 0 Å². The molecule has 2 atom stereocenters. The van der Waals surface area contributed by atoms with Crippen molar-refractivity contribution in [3.63, 3.8) is 0 Å². The predicted octanol–water partition coefficient (Wildman–Crippen LogP) is 2.15. The third-order valence-electron chi connectivity index (χ3n) is 3.34. The number of nitrogens with one attached hydrogen (secondary N) is 1. The second kappa shape index (κ2) is 6.87. The monoisotopic (exact) mass is 315 g/mol. The highest BCUT2D eigenvalue weighted by molar-refractivity contribution is 6.30. The standard InChI is InChI=1S/C14H15ClFNO4/c15-10-2-1-8(5-11(10)16)12(6-13(18)19)17-14(20)9-3-4-21-7-9/h1-2,5,9,12H,3-4,6-7H2,(H,17,20)(H,18,19). The largest absolute Gasteiger partial charge is 0.481 e. The van der Waals surface area contributed by atoms with Crippen LogP contribution in [0.4, 0.5) is 4.39 Å². The van der Waals surface area contributed by atoms with Gasteiger partial charge in [-0.25, -0.2) is 4.39 Å². The zero-order valence-corrected chi connectivity index (χ0v) is 11.9. The average molecular weight is 316 g/mol. The summed E-state index contributed by atoms with van der Waals surface area (Å²) < 4.78 is 18.6. The molecule has 1 amide bonds. The number of halogens is 2. The Balaban J connectivity index is 2.14. The van der Waals surface area contributed by atoms with Crippen molar-refractivity contribution in [2.24, 2.45) is 5.92 Å². The van der Waals surface area contributed by atoms with Gasteiger partial charge in [0.2, 0.25) is 5.91 Å². The first-order valence-corrected chi connectivity index (χ1v) is 6.90. The Morgan fingerprint density at radius 3 is 2.86 bits per heavy atom. The highest BCUT2D eigenvalue weighted by Gasteiger charge is 2.27. The van der Waals surface area contributed by atoms with Gasteiger partial charge < -0.3 is 15.2 Å². The maximum atomic E-state index is 13.5. The average Bonchev–Trinajstić information content (AvgIpc) is 2.94. The van der Waals surface area contributed by atoms with Gasteiger partial charge in [-0.05, 0) is 24.1 Å². The van der Waals surface area contributed by atoms with Crippen LogP contribution < -0.4 is 5.32 Å². The molecule has 1 heterocycles. The van der Waals surface area contributed by atoms with E-state index in [0.717, 1.165) is 6.07 Å². The molecule has 0 radical (unpaired) electrons. The Morgan fingerprint density at radius 2 is 2.29 bits per heavy atom. The van der Waals surface area contributed by atoms with E-state index in [9.17, 15) is 14.0 Å². The summed E-state index contributed by atoms with van der Waals surface area (Å²) in [5, 5.41) is 11.5. The van der Waals surface area contributed by atoms with Crippen molar-refractivity contribution in [1.82, 2.24) is 5.32 Å². The van der Waals surface area contributed by atoms with Crippen molar-refractivity contribution >= 4 is 23.5 Å². The van der Waals surface area contributed by atoms with Gasteiger partial charge in [-0.15, -0.1) is 0 Å². The minimum atomic E-state index is -1.08. The van der Waals surface area contributed by atoms with E-state index >= 15 is 0 Å².